The molecule has 13 heavy (non-hydrogen) atoms. The molecule has 1 aliphatic rings. The number of likely N-dealkylation sites (tertiary alicyclic amines) is 1. The number of hydrogen-bond acceptors (Lipinski definition) is 4. The monoisotopic (exact) mass is 180 g/mol. The van der Waals surface area contributed by atoms with Crippen molar-refractivity contribution in [2.75, 3.05) is 13.1 Å². The van der Waals surface area contributed by atoms with Crippen LogP contribution < -0.4 is 0 Å². The van der Waals surface area contributed by atoms with Crippen molar-refractivity contribution < 1.29 is 9.32 Å². The summed E-state index contributed by atoms with van der Waals surface area (Å²) in [6, 6.07) is 0. The van der Waals surface area contributed by atoms with Crippen LogP contribution in [0.4, 0.5) is 0 Å². The van der Waals surface area contributed by atoms with E-state index in [1.807, 2.05) is 0 Å². The van der Waals surface area contributed by atoms with Gasteiger partial charge >= 0.3 is 0 Å². The highest BCUT2D eigenvalue weighted by atomic mass is 16.5. The Morgan fingerprint density at radius 1 is 1.62 bits per heavy atom. The highest BCUT2D eigenvalue weighted by Gasteiger charge is 2.16. The SMILES string of the molecule is O=C1CCCN(Cc2cnoc2)C1. The molecule has 0 aliphatic carbocycles. The second-order valence-electron chi connectivity index (χ2n) is 3.39. The number of rotatable bonds is 2. The molecule has 0 bridgehead atoms. The van der Waals surface area contributed by atoms with Crippen molar-refractivity contribution in [3.8, 4) is 0 Å². The number of hydrogen-bond donors (Lipinski definition) is 0. The summed E-state index contributed by atoms with van der Waals surface area (Å²) in [6.45, 7) is 2.34. The van der Waals surface area contributed by atoms with Crippen LogP contribution in [0.2, 0.25) is 0 Å². The predicted molar refractivity (Wildman–Crippen MR) is 46.0 cm³/mol. The van der Waals surface area contributed by atoms with Gasteiger partial charge in [-0.2, -0.15) is 0 Å². The minimum absolute atomic E-state index is 0.336. The lowest BCUT2D eigenvalue weighted by atomic mass is 10.1. The third-order valence-corrected chi connectivity index (χ3v) is 2.22. The Hall–Kier alpha value is -1.16. The van der Waals surface area contributed by atoms with Gasteiger partial charge in [-0.1, -0.05) is 5.16 Å². The summed E-state index contributed by atoms with van der Waals surface area (Å²) < 4.78 is 4.72. The number of ketones is 1. The summed E-state index contributed by atoms with van der Waals surface area (Å²) >= 11 is 0. The fourth-order valence-electron chi connectivity index (χ4n) is 1.61. The van der Waals surface area contributed by atoms with Crippen LogP contribution in [0.25, 0.3) is 0 Å². The van der Waals surface area contributed by atoms with Crippen LogP contribution in [0.1, 0.15) is 18.4 Å². The van der Waals surface area contributed by atoms with Crippen molar-refractivity contribution >= 4 is 5.78 Å². The van der Waals surface area contributed by atoms with Gasteiger partial charge in [0.2, 0.25) is 0 Å². The van der Waals surface area contributed by atoms with Crippen LogP contribution >= 0.6 is 0 Å². The average Bonchev–Trinajstić information content (AvgIpc) is 2.57. The summed E-state index contributed by atoms with van der Waals surface area (Å²) in [5.74, 6) is 0.336. The first-order valence-corrected chi connectivity index (χ1v) is 4.47. The lowest BCUT2D eigenvalue weighted by Crippen LogP contribution is -2.34. The maximum absolute atomic E-state index is 11.1. The number of aromatic nitrogens is 1. The Kier molecular flexibility index (Phi) is 2.40. The smallest absolute Gasteiger partial charge is 0.146 e. The molecule has 1 saturated heterocycles. The van der Waals surface area contributed by atoms with E-state index in [1.165, 1.54) is 0 Å². The molecular weight excluding hydrogens is 168 g/mol. The third kappa shape index (κ3) is 2.15. The Balaban J connectivity index is 1.91. The summed E-state index contributed by atoms with van der Waals surface area (Å²) in [7, 11) is 0. The molecule has 1 aliphatic heterocycles. The van der Waals surface area contributed by atoms with Crippen LogP contribution in [0.15, 0.2) is 17.0 Å². The molecular formula is C9H12N2O2. The first-order valence-electron chi connectivity index (χ1n) is 4.47. The Labute approximate surface area is 76.5 Å². The fraction of sp³-hybridized carbons (Fsp3) is 0.556. The van der Waals surface area contributed by atoms with Gasteiger partial charge in [-0.15, -0.1) is 0 Å². The molecule has 0 saturated carbocycles. The van der Waals surface area contributed by atoms with E-state index in [1.54, 1.807) is 12.5 Å². The van der Waals surface area contributed by atoms with Crippen molar-refractivity contribution in [3.05, 3.63) is 18.0 Å². The van der Waals surface area contributed by atoms with Gasteiger partial charge in [-0.25, -0.2) is 0 Å². The maximum Gasteiger partial charge on any atom is 0.146 e. The standard InChI is InChI=1S/C9H12N2O2/c12-9-2-1-3-11(6-9)5-8-4-10-13-7-8/h4,7H,1-3,5-6H2. The largest absolute Gasteiger partial charge is 0.364 e. The first kappa shape index (κ1) is 8.44. The van der Waals surface area contributed by atoms with Gasteiger partial charge in [0.25, 0.3) is 0 Å². The molecule has 0 amide bonds. The molecule has 2 heterocycles. The average molecular weight is 180 g/mol. The second-order valence-corrected chi connectivity index (χ2v) is 3.39. The molecule has 0 radical (unpaired) electrons. The zero-order chi connectivity index (χ0) is 9.10. The van der Waals surface area contributed by atoms with Crippen molar-refractivity contribution in [1.82, 2.24) is 10.1 Å². The van der Waals surface area contributed by atoms with E-state index in [0.717, 1.165) is 31.5 Å². The highest BCUT2D eigenvalue weighted by Crippen LogP contribution is 2.10. The van der Waals surface area contributed by atoms with Crippen molar-refractivity contribution in [2.45, 2.75) is 19.4 Å². The Morgan fingerprint density at radius 2 is 2.54 bits per heavy atom. The molecule has 0 spiro atoms. The zero-order valence-corrected chi connectivity index (χ0v) is 7.40. The normalized spacial score (nSPS) is 19.2. The van der Waals surface area contributed by atoms with E-state index in [9.17, 15) is 4.79 Å². The molecule has 1 fully saturated rings. The number of carbonyl (C=O) groups excluding carboxylic acids is 1. The van der Waals surface area contributed by atoms with Gasteiger partial charge in [0, 0.05) is 18.5 Å². The molecule has 1 aromatic heterocycles. The lowest BCUT2D eigenvalue weighted by Gasteiger charge is -2.24. The van der Waals surface area contributed by atoms with Crippen molar-refractivity contribution in [3.63, 3.8) is 0 Å². The molecule has 4 nitrogen and oxygen atoms in total. The fourth-order valence-corrected chi connectivity index (χ4v) is 1.61. The Bertz CT molecular complexity index is 282. The van der Waals surface area contributed by atoms with Gasteiger partial charge in [-0.3, -0.25) is 9.69 Å². The molecule has 2 rings (SSSR count). The summed E-state index contributed by atoms with van der Waals surface area (Å²) in [4.78, 5) is 13.2. The van der Waals surface area contributed by atoms with Crippen molar-refractivity contribution in [1.29, 1.82) is 0 Å². The summed E-state index contributed by atoms with van der Waals surface area (Å²) in [5.41, 5.74) is 1.04. The number of piperidine rings is 1. The predicted octanol–water partition coefficient (Wildman–Crippen LogP) is 0.840. The molecule has 4 heteroatoms. The molecule has 1 aromatic rings. The maximum atomic E-state index is 11.1. The third-order valence-electron chi connectivity index (χ3n) is 2.22. The molecule has 0 aromatic carbocycles. The van der Waals surface area contributed by atoms with Gasteiger partial charge in [0.05, 0.1) is 12.7 Å². The molecule has 0 N–H and O–H groups in total. The molecule has 0 atom stereocenters. The van der Waals surface area contributed by atoms with Gasteiger partial charge < -0.3 is 4.52 Å². The Morgan fingerprint density at radius 3 is 3.23 bits per heavy atom. The second kappa shape index (κ2) is 3.70. The molecule has 70 valence electrons. The topological polar surface area (TPSA) is 46.3 Å². The first-order chi connectivity index (χ1) is 6.34. The van der Waals surface area contributed by atoms with E-state index in [2.05, 4.69) is 10.1 Å². The van der Waals surface area contributed by atoms with Crippen LogP contribution in [0.3, 0.4) is 0 Å². The van der Waals surface area contributed by atoms with E-state index in [-0.39, 0.29) is 0 Å². The van der Waals surface area contributed by atoms with E-state index in [4.69, 9.17) is 4.52 Å². The van der Waals surface area contributed by atoms with Crippen LogP contribution in [-0.4, -0.2) is 28.9 Å². The van der Waals surface area contributed by atoms with Gasteiger partial charge in [0.1, 0.15) is 12.0 Å². The van der Waals surface area contributed by atoms with E-state index >= 15 is 0 Å². The zero-order valence-electron chi connectivity index (χ0n) is 7.40. The number of carbonyl (C=O) groups is 1. The highest BCUT2D eigenvalue weighted by molar-refractivity contribution is 5.81. The summed E-state index contributed by atoms with van der Waals surface area (Å²) in [5, 5.41) is 3.62. The minimum Gasteiger partial charge on any atom is -0.364 e. The van der Waals surface area contributed by atoms with Crippen LogP contribution in [0, 0.1) is 0 Å². The van der Waals surface area contributed by atoms with Crippen LogP contribution in [-0.2, 0) is 11.3 Å². The van der Waals surface area contributed by atoms with Crippen LogP contribution in [0.5, 0.6) is 0 Å². The number of Topliss-reactive ketones (excluding diaryl/α,β-unsaturated/α-hetero) is 1. The van der Waals surface area contributed by atoms with E-state index in [0.29, 0.717) is 12.3 Å². The summed E-state index contributed by atoms with van der Waals surface area (Å²) in [6.07, 6.45) is 5.03. The van der Waals surface area contributed by atoms with Gasteiger partial charge in [-0.05, 0) is 13.0 Å². The van der Waals surface area contributed by atoms with Gasteiger partial charge in [0.15, 0.2) is 0 Å². The number of nitrogens with zero attached hydrogens (tertiary/aromatic N) is 2. The van der Waals surface area contributed by atoms with E-state index < -0.39 is 0 Å². The minimum atomic E-state index is 0.336. The molecule has 0 unspecified atom stereocenters. The quantitative estimate of drug-likeness (QED) is 0.676. The lowest BCUT2D eigenvalue weighted by molar-refractivity contribution is -0.122. The van der Waals surface area contributed by atoms with Crippen molar-refractivity contribution in [2.24, 2.45) is 0 Å².